The van der Waals surface area contributed by atoms with E-state index in [2.05, 4.69) is 11.1 Å². The summed E-state index contributed by atoms with van der Waals surface area (Å²) in [6.07, 6.45) is 4.18. The minimum Gasteiger partial charge on any atom is -0.397 e. The van der Waals surface area contributed by atoms with Gasteiger partial charge in [-0.25, -0.2) is 0 Å². The number of nitrogens with zero attached hydrogens (tertiary/aromatic N) is 2. The van der Waals surface area contributed by atoms with Crippen molar-refractivity contribution in [2.75, 3.05) is 5.73 Å². The van der Waals surface area contributed by atoms with E-state index < -0.39 is 0 Å². The topological polar surface area (TPSA) is 59.2 Å². The van der Waals surface area contributed by atoms with Crippen molar-refractivity contribution in [3.05, 3.63) is 46.4 Å². The number of nitrogen functional groups attached to an aromatic ring is 1. The smallest absolute Gasteiger partial charge is 0.229 e. The van der Waals surface area contributed by atoms with E-state index in [4.69, 9.17) is 5.73 Å². The highest BCUT2D eigenvalue weighted by atomic mass is 32.1. The van der Waals surface area contributed by atoms with Crippen molar-refractivity contribution in [2.45, 2.75) is 31.8 Å². The van der Waals surface area contributed by atoms with Gasteiger partial charge in [-0.1, -0.05) is 6.07 Å². The number of amides is 1. The van der Waals surface area contributed by atoms with Crippen molar-refractivity contribution in [1.82, 2.24) is 9.88 Å². The van der Waals surface area contributed by atoms with Crippen LogP contribution in [0.5, 0.6) is 0 Å². The number of nitrogens with two attached hydrogens (primary N) is 1. The molecule has 2 N–H and O–H groups in total. The molecule has 2 heterocycles. The number of hydrogen-bond acceptors (Lipinski definition) is 4. The van der Waals surface area contributed by atoms with Crippen LogP contribution in [0.4, 0.5) is 5.69 Å². The first-order valence-electron chi connectivity index (χ1n) is 6.74. The molecule has 0 aromatic carbocycles. The van der Waals surface area contributed by atoms with Crippen LogP contribution in [0.15, 0.2) is 35.8 Å². The summed E-state index contributed by atoms with van der Waals surface area (Å²) in [6, 6.07) is 8.13. The van der Waals surface area contributed by atoms with Gasteiger partial charge < -0.3 is 10.6 Å². The lowest BCUT2D eigenvalue weighted by molar-refractivity contribution is -0.131. The lowest BCUT2D eigenvalue weighted by Gasteiger charge is -2.21. The predicted molar refractivity (Wildman–Crippen MR) is 80.2 cm³/mol. The van der Waals surface area contributed by atoms with Crippen LogP contribution >= 0.6 is 11.3 Å². The van der Waals surface area contributed by atoms with Crippen LogP contribution in [0.25, 0.3) is 0 Å². The third-order valence-corrected chi connectivity index (χ3v) is 4.26. The van der Waals surface area contributed by atoms with Gasteiger partial charge in [-0.15, -0.1) is 11.3 Å². The van der Waals surface area contributed by atoms with Crippen molar-refractivity contribution in [1.29, 1.82) is 0 Å². The van der Waals surface area contributed by atoms with Crippen LogP contribution in [0.3, 0.4) is 0 Å². The first-order valence-corrected chi connectivity index (χ1v) is 7.62. The van der Waals surface area contributed by atoms with Crippen molar-refractivity contribution in [3.63, 3.8) is 0 Å². The third-order valence-electron chi connectivity index (χ3n) is 3.39. The summed E-state index contributed by atoms with van der Waals surface area (Å²) in [5, 5.41) is 2.05. The van der Waals surface area contributed by atoms with E-state index in [0.29, 0.717) is 18.2 Å². The molecule has 0 spiro atoms. The number of anilines is 1. The summed E-state index contributed by atoms with van der Waals surface area (Å²) in [6.45, 7) is 0.718. The lowest BCUT2D eigenvalue weighted by atomic mass is 10.2. The molecule has 1 aliphatic carbocycles. The fraction of sp³-hybridized carbons (Fsp3) is 0.333. The van der Waals surface area contributed by atoms with E-state index in [1.807, 2.05) is 22.4 Å². The molecule has 2 aromatic heterocycles. The molecule has 0 bridgehead atoms. The lowest BCUT2D eigenvalue weighted by Crippen LogP contribution is -2.33. The van der Waals surface area contributed by atoms with E-state index in [1.165, 1.54) is 4.88 Å². The Kier molecular flexibility index (Phi) is 3.69. The predicted octanol–water partition coefficient (Wildman–Crippen LogP) is 2.46. The molecular formula is C15H17N3OS. The second-order valence-corrected chi connectivity index (χ2v) is 6.12. The van der Waals surface area contributed by atoms with Crippen LogP contribution in [-0.4, -0.2) is 21.8 Å². The molecule has 1 amide bonds. The number of carbonyl (C=O) groups is 1. The normalized spacial score (nSPS) is 14.2. The van der Waals surface area contributed by atoms with Gasteiger partial charge in [-0.05, 0) is 36.4 Å². The van der Waals surface area contributed by atoms with E-state index in [1.54, 1.807) is 23.6 Å². The number of carbonyl (C=O) groups excluding carboxylic acids is 1. The Balaban J connectivity index is 1.67. The monoisotopic (exact) mass is 287 g/mol. The fourth-order valence-corrected chi connectivity index (χ4v) is 2.88. The summed E-state index contributed by atoms with van der Waals surface area (Å²) in [5.74, 6) is 0.151. The Hall–Kier alpha value is -1.88. The molecule has 0 saturated heterocycles. The average molecular weight is 287 g/mol. The van der Waals surface area contributed by atoms with Crippen molar-refractivity contribution < 1.29 is 4.79 Å². The largest absolute Gasteiger partial charge is 0.397 e. The second-order valence-electron chi connectivity index (χ2n) is 5.09. The average Bonchev–Trinajstić information content (AvgIpc) is 3.15. The Bertz CT molecular complexity index is 576. The zero-order valence-corrected chi connectivity index (χ0v) is 12.0. The number of rotatable bonds is 5. The number of thiophene rings is 1. The highest BCUT2D eigenvalue weighted by Gasteiger charge is 2.32. The molecule has 2 aromatic rings. The molecule has 4 nitrogen and oxygen atoms in total. The van der Waals surface area contributed by atoms with Gasteiger partial charge >= 0.3 is 0 Å². The van der Waals surface area contributed by atoms with Gasteiger partial charge in [-0.2, -0.15) is 0 Å². The second kappa shape index (κ2) is 5.63. The SMILES string of the molecule is Nc1ccc(CC(=O)N(Cc2cccs2)C2CC2)nc1. The Morgan fingerprint density at radius 3 is 2.85 bits per heavy atom. The molecule has 0 unspecified atom stereocenters. The molecule has 3 rings (SSSR count). The summed E-state index contributed by atoms with van der Waals surface area (Å²) in [7, 11) is 0. The van der Waals surface area contributed by atoms with Crippen molar-refractivity contribution in [3.8, 4) is 0 Å². The van der Waals surface area contributed by atoms with E-state index >= 15 is 0 Å². The maximum absolute atomic E-state index is 12.5. The summed E-state index contributed by atoms with van der Waals surface area (Å²) >= 11 is 1.70. The van der Waals surface area contributed by atoms with Crippen molar-refractivity contribution >= 4 is 22.9 Å². The molecule has 104 valence electrons. The van der Waals surface area contributed by atoms with Gasteiger partial charge in [-0.3, -0.25) is 9.78 Å². The van der Waals surface area contributed by atoms with Crippen molar-refractivity contribution in [2.24, 2.45) is 0 Å². The summed E-state index contributed by atoms with van der Waals surface area (Å²) in [5.41, 5.74) is 7.01. The first kappa shape index (κ1) is 13.1. The molecule has 1 fully saturated rings. The molecule has 1 saturated carbocycles. The molecule has 5 heteroatoms. The highest BCUT2D eigenvalue weighted by molar-refractivity contribution is 7.09. The standard InChI is InChI=1S/C15H17N3OS/c16-11-3-4-12(17-9-11)8-15(19)18(13-5-6-13)10-14-2-1-7-20-14/h1-4,7,9,13H,5-6,8,10,16H2. The molecular weight excluding hydrogens is 270 g/mol. The van der Waals surface area contributed by atoms with Gasteiger partial charge in [0.25, 0.3) is 0 Å². The van der Waals surface area contributed by atoms with Gasteiger partial charge in [0.2, 0.25) is 5.91 Å². The quantitative estimate of drug-likeness (QED) is 0.919. The van der Waals surface area contributed by atoms with Gasteiger partial charge in [0.1, 0.15) is 0 Å². The Labute approximate surface area is 122 Å². The van der Waals surface area contributed by atoms with Crippen LogP contribution in [0.1, 0.15) is 23.4 Å². The number of hydrogen-bond donors (Lipinski definition) is 1. The maximum Gasteiger partial charge on any atom is 0.229 e. The Morgan fingerprint density at radius 2 is 2.25 bits per heavy atom. The molecule has 1 aliphatic rings. The molecule has 0 aliphatic heterocycles. The first-order chi connectivity index (χ1) is 9.72. The van der Waals surface area contributed by atoms with Crippen LogP contribution in [0.2, 0.25) is 0 Å². The summed E-state index contributed by atoms with van der Waals surface area (Å²) < 4.78 is 0. The van der Waals surface area contributed by atoms with Gasteiger partial charge in [0, 0.05) is 16.6 Å². The zero-order chi connectivity index (χ0) is 13.9. The van der Waals surface area contributed by atoms with Gasteiger partial charge in [0.05, 0.1) is 24.8 Å². The van der Waals surface area contributed by atoms with E-state index in [-0.39, 0.29) is 5.91 Å². The maximum atomic E-state index is 12.5. The minimum atomic E-state index is 0.151. The van der Waals surface area contributed by atoms with E-state index in [0.717, 1.165) is 25.1 Å². The van der Waals surface area contributed by atoms with Crippen LogP contribution < -0.4 is 5.73 Å². The number of pyridine rings is 1. The van der Waals surface area contributed by atoms with Gasteiger partial charge in [0.15, 0.2) is 0 Å². The molecule has 20 heavy (non-hydrogen) atoms. The van der Waals surface area contributed by atoms with E-state index in [9.17, 15) is 4.79 Å². The minimum absolute atomic E-state index is 0.151. The third kappa shape index (κ3) is 3.17. The molecule has 0 radical (unpaired) electrons. The zero-order valence-electron chi connectivity index (χ0n) is 11.2. The van der Waals surface area contributed by atoms with Crippen LogP contribution in [0, 0.1) is 0 Å². The summed E-state index contributed by atoms with van der Waals surface area (Å²) in [4.78, 5) is 19.9. The molecule has 0 atom stereocenters. The fourth-order valence-electron chi connectivity index (χ4n) is 2.17. The highest BCUT2D eigenvalue weighted by Crippen LogP contribution is 2.29. The van der Waals surface area contributed by atoms with Crippen LogP contribution in [-0.2, 0) is 17.8 Å². The number of aromatic nitrogens is 1. The Morgan fingerprint density at radius 1 is 1.40 bits per heavy atom.